The minimum absolute atomic E-state index is 0.315. The van der Waals surface area contributed by atoms with Gasteiger partial charge in [-0.1, -0.05) is 12.1 Å². The maximum atomic E-state index is 13.0. The van der Waals surface area contributed by atoms with Gasteiger partial charge in [0.05, 0.1) is 12.2 Å². The van der Waals surface area contributed by atoms with Gasteiger partial charge in [-0.2, -0.15) is 0 Å². The van der Waals surface area contributed by atoms with Crippen molar-refractivity contribution in [3.8, 4) is 0 Å². The van der Waals surface area contributed by atoms with Crippen molar-refractivity contribution < 1.29 is 14.2 Å². The van der Waals surface area contributed by atoms with Crippen molar-refractivity contribution >= 4 is 0 Å². The molecule has 1 unspecified atom stereocenters. The third-order valence-electron chi connectivity index (χ3n) is 3.26. The first kappa shape index (κ1) is 12.5. The summed E-state index contributed by atoms with van der Waals surface area (Å²) in [6, 6.07) is 6.49. The van der Waals surface area contributed by atoms with Gasteiger partial charge in [-0.25, -0.2) is 4.39 Å². The third-order valence-corrected chi connectivity index (χ3v) is 3.26. The number of aliphatic hydroxyl groups excluding tert-OH is 1. The lowest BCUT2D eigenvalue weighted by molar-refractivity contribution is 0.0137. The molecule has 0 spiro atoms. The molecule has 0 heterocycles. The van der Waals surface area contributed by atoms with E-state index in [4.69, 9.17) is 4.74 Å². The number of aliphatic hydroxyl groups is 1. The number of halogens is 1. The second kappa shape index (κ2) is 5.58. The Balaban J connectivity index is 1.76. The number of nitrogens with one attached hydrogen (secondary N) is 1. The lowest BCUT2D eigenvalue weighted by Crippen LogP contribution is -2.46. The molecule has 0 bridgehead atoms. The highest BCUT2D eigenvalue weighted by molar-refractivity contribution is 5.19. The Morgan fingerprint density at radius 1 is 1.53 bits per heavy atom. The van der Waals surface area contributed by atoms with Crippen molar-refractivity contribution in [2.24, 2.45) is 0 Å². The van der Waals surface area contributed by atoms with Crippen molar-refractivity contribution in [3.05, 3.63) is 35.6 Å². The summed E-state index contributed by atoms with van der Waals surface area (Å²) in [5.74, 6) is -0.315. The first-order chi connectivity index (χ1) is 8.19. The topological polar surface area (TPSA) is 41.5 Å². The minimum Gasteiger partial charge on any atom is -0.387 e. The predicted octanol–water partition coefficient (Wildman–Crippen LogP) is 1.63. The van der Waals surface area contributed by atoms with Crippen LogP contribution in [0.5, 0.6) is 0 Å². The van der Waals surface area contributed by atoms with Gasteiger partial charge in [0.2, 0.25) is 0 Å². The highest BCUT2D eigenvalue weighted by Crippen LogP contribution is 2.23. The van der Waals surface area contributed by atoms with Gasteiger partial charge in [0.1, 0.15) is 5.82 Å². The molecule has 1 aliphatic carbocycles. The van der Waals surface area contributed by atoms with Crippen LogP contribution in [0, 0.1) is 5.82 Å². The van der Waals surface area contributed by atoms with Crippen LogP contribution in [0.15, 0.2) is 24.3 Å². The highest BCUT2D eigenvalue weighted by atomic mass is 19.1. The van der Waals surface area contributed by atoms with Gasteiger partial charge in [-0.15, -0.1) is 0 Å². The largest absolute Gasteiger partial charge is 0.387 e. The smallest absolute Gasteiger partial charge is 0.123 e. The second-order valence-electron chi connectivity index (χ2n) is 4.51. The van der Waals surface area contributed by atoms with Crippen molar-refractivity contribution in [3.63, 3.8) is 0 Å². The van der Waals surface area contributed by atoms with E-state index in [-0.39, 0.29) is 5.82 Å². The maximum Gasteiger partial charge on any atom is 0.123 e. The van der Waals surface area contributed by atoms with Crippen LogP contribution in [-0.4, -0.2) is 30.9 Å². The molecule has 2 N–H and O–H groups in total. The Hall–Kier alpha value is -0.970. The molecule has 1 saturated carbocycles. The lowest BCUT2D eigenvalue weighted by Gasteiger charge is -2.35. The molecule has 4 heteroatoms. The molecule has 0 saturated heterocycles. The number of rotatable bonds is 5. The van der Waals surface area contributed by atoms with Gasteiger partial charge < -0.3 is 15.2 Å². The molecule has 2 rings (SSSR count). The fourth-order valence-corrected chi connectivity index (χ4v) is 2.03. The number of hydrogen-bond acceptors (Lipinski definition) is 3. The highest BCUT2D eigenvalue weighted by Gasteiger charge is 2.28. The van der Waals surface area contributed by atoms with E-state index in [9.17, 15) is 9.50 Å². The monoisotopic (exact) mass is 239 g/mol. The molecular weight excluding hydrogens is 221 g/mol. The SMILES string of the molecule is COC1CC(NCC(O)c2cccc(F)c2)C1. The molecule has 3 nitrogen and oxygen atoms in total. The molecule has 0 amide bonds. The summed E-state index contributed by atoms with van der Waals surface area (Å²) in [6.45, 7) is 0.449. The summed E-state index contributed by atoms with van der Waals surface area (Å²) in [5.41, 5.74) is 0.611. The van der Waals surface area contributed by atoms with Crippen LogP contribution in [-0.2, 0) is 4.74 Å². The number of ether oxygens (including phenoxy) is 1. The van der Waals surface area contributed by atoms with Gasteiger partial charge in [0.15, 0.2) is 0 Å². The summed E-state index contributed by atoms with van der Waals surface area (Å²) in [5, 5.41) is 13.1. The number of hydrogen-bond donors (Lipinski definition) is 2. The van der Waals surface area contributed by atoms with E-state index >= 15 is 0 Å². The number of benzene rings is 1. The first-order valence-corrected chi connectivity index (χ1v) is 5.88. The van der Waals surface area contributed by atoms with Crippen LogP contribution >= 0.6 is 0 Å². The van der Waals surface area contributed by atoms with E-state index in [0.29, 0.717) is 24.3 Å². The average Bonchev–Trinajstić information content (AvgIpc) is 2.27. The molecule has 1 atom stereocenters. The Morgan fingerprint density at radius 3 is 2.94 bits per heavy atom. The van der Waals surface area contributed by atoms with Crippen LogP contribution in [0.25, 0.3) is 0 Å². The van der Waals surface area contributed by atoms with Crippen molar-refractivity contribution in [1.82, 2.24) is 5.32 Å². The maximum absolute atomic E-state index is 13.0. The molecule has 1 fully saturated rings. The normalized spacial score (nSPS) is 25.4. The van der Waals surface area contributed by atoms with Gasteiger partial charge in [-0.05, 0) is 30.5 Å². The van der Waals surface area contributed by atoms with Crippen LogP contribution in [0.4, 0.5) is 4.39 Å². The zero-order chi connectivity index (χ0) is 12.3. The van der Waals surface area contributed by atoms with E-state index in [1.165, 1.54) is 12.1 Å². The van der Waals surface area contributed by atoms with Crippen molar-refractivity contribution in [2.75, 3.05) is 13.7 Å². The van der Waals surface area contributed by atoms with Crippen LogP contribution in [0.1, 0.15) is 24.5 Å². The molecule has 94 valence electrons. The molecule has 17 heavy (non-hydrogen) atoms. The third kappa shape index (κ3) is 3.25. The molecule has 1 aliphatic rings. The van der Waals surface area contributed by atoms with E-state index < -0.39 is 6.10 Å². The van der Waals surface area contributed by atoms with Crippen molar-refractivity contribution in [1.29, 1.82) is 0 Å². The molecule has 1 aromatic rings. The van der Waals surface area contributed by atoms with Crippen LogP contribution in [0.3, 0.4) is 0 Å². The van der Waals surface area contributed by atoms with Crippen LogP contribution < -0.4 is 5.32 Å². The summed E-state index contributed by atoms with van der Waals surface area (Å²) < 4.78 is 18.1. The molecule has 0 radical (unpaired) electrons. The standard InChI is InChI=1S/C13H18FNO2/c1-17-12-6-11(7-12)15-8-13(16)9-3-2-4-10(14)5-9/h2-5,11-13,15-16H,6-8H2,1H3. The second-order valence-corrected chi connectivity index (χ2v) is 4.51. The minimum atomic E-state index is -0.660. The van der Waals surface area contributed by atoms with E-state index in [0.717, 1.165) is 12.8 Å². The Morgan fingerprint density at radius 2 is 2.29 bits per heavy atom. The summed E-state index contributed by atoms with van der Waals surface area (Å²) in [4.78, 5) is 0. The summed E-state index contributed by atoms with van der Waals surface area (Å²) in [6.07, 6.45) is 1.64. The van der Waals surface area contributed by atoms with E-state index in [1.54, 1.807) is 19.2 Å². The zero-order valence-electron chi connectivity index (χ0n) is 9.90. The molecular formula is C13H18FNO2. The van der Waals surface area contributed by atoms with Crippen molar-refractivity contribution in [2.45, 2.75) is 31.1 Å². The van der Waals surface area contributed by atoms with Gasteiger partial charge in [0.25, 0.3) is 0 Å². The predicted molar refractivity (Wildman–Crippen MR) is 63.2 cm³/mol. The fraction of sp³-hybridized carbons (Fsp3) is 0.538. The Bertz CT molecular complexity index is 366. The lowest BCUT2D eigenvalue weighted by atomic mass is 9.89. The summed E-state index contributed by atoms with van der Waals surface area (Å²) >= 11 is 0. The van der Waals surface area contributed by atoms with E-state index in [2.05, 4.69) is 5.32 Å². The van der Waals surface area contributed by atoms with Gasteiger partial charge in [-0.3, -0.25) is 0 Å². The Kier molecular flexibility index (Phi) is 4.10. The first-order valence-electron chi connectivity index (χ1n) is 5.88. The molecule has 0 aromatic heterocycles. The molecule has 1 aromatic carbocycles. The number of methoxy groups -OCH3 is 1. The average molecular weight is 239 g/mol. The molecule has 0 aliphatic heterocycles. The van der Waals surface area contributed by atoms with E-state index in [1.807, 2.05) is 0 Å². The Labute approximate surface area is 101 Å². The van der Waals surface area contributed by atoms with Gasteiger partial charge >= 0.3 is 0 Å². The zero-order valence-corrected chi connectivity index (χ0v) is 9.90. The fourth-order valence-electron chi connectivity index (χ4n) is 2.03. The van der Waals surface area contributed by atoms with Crippen LogP contribution in [0.2, 0.25) is 0 Å². The quantitative estimate of drug-likeness (QED) is 0.820. The summed E-state index contributed by atoms with van der Waals surface area (Å²) in [7, 11) is 1.71. The van der Waals surface area contributed by atoms with Gasteiger partial charge in [0, 0.05) is 19.7 Å².